The first-order valence-corrected chi connectivity index (χ1v) is 10.2. The van der Waals surface area contributed by atoms with E-state index in [0.717, 1.165) is 25.7 Å². The molecule has 2 fully saturated rings. The molecule has 0 saturated carbocycles. The Morgan fingerprint density at radius 1 is 1.22 bits per heavy atom. The molecule has 1 aromatic carbocycles. The number of ether oxygens (including phenoxy) is 4. The number of carbonyl (C=O) groups is 1. The summed E-state index contributed by atoms with van der Waals surface area (Å²) in [7, 11) is 0. The van der Waals surface area contributed by atoms with Gasteiger partial charge in [0, 0.05) is 12.1 Å². The predicted octanol–water partition coefficient (Wildman–Crippen LogP) is 3.90. The third-order valence-electron chi connectivity index (χ3n) is 4.78. The van der Waals surface area contributed by atoms with Crippen LogP contribution in [0.15, 0.2) is 12.1 Å². The molecule has 2 saturated heterocycles. The molecule has 7 heteroatoms. The van der Waals surface area contributed by atoms with Crippen LogP contribution in [0.3, 0.4) is 0 Å². The molecular formula is C20H28ClNO5. The third kappa shape index (κ3) is 4.68. The van der Waals surface area contributed by atoms with Gasteiger partial charge in [-0.1, -0.05) is 18.5 Å². The van der Waals surface area contributed by atoms with Crippen molar-refractivity contribution in [1.29, 1.82) is 0 Å². The van der Waals surface area contributed by atoms with Crippen molar-refractivity contribution in [2.75, 3.05) is 33.0 Å². The van der Waals surface area contributed by atoms with E-state index in [1.807, 2.05) is 18.7 Å². The summed E-state index contributed by atoms with van der Waals surface area (Å²) >= 11 is 6.43. The van der Waals surface area contributed by atoms with Gasteiger partial charge in [-0.3, -0.25) is 4.79 Å². The smallest absolute Gasteiger partial charge is 0.254 e. The Morgan fingerprint density at radius 3 is 2.70 bits per heavy atom. The van der Waals surface area contributed by atoms with E-state index >= 15 is 0 Å². The predicted molar refractivity (Wildman–Crippen MR) is 103 cm³/mol. The molecule has 0 radical (unpaired) electrons. The summed E-state index contributed by atoms with van der Waals surface area (Å²) in [4.78, 5) is 15.1. The van der Waals surface area contributed by atoms with Crippen LogP contribution in [0.5, 0.6) is 11.5 Å². The lowest BCUT2D eigenvalue weighted by Gasteiger charge is -2.38. The Morgan fingerprint density at radius 2 is 2.00 bits per heavy atom. The maximum absolute atomic E-state index is 13.3. The van der Waals surface area contributed by atoms with Gasteiger partial charge in [-0.15, -0.1) is 0 Å². The molecule has 0 aliphatic carbocycles. The van der Waals surface area contributed by atoms with Crippen molar-refractivity contribution in [2.45, 2.75) is 51.9 Å². The summed E-state index contributed by atoms with van der Waals surface area (Å²) in [6, 6.07) is 3.32. The van der Waals surface area contributed by atoms with Crippen LogP contribution >= 0.6 is 11.6 Å². The van der Waals surface area contributed by atoms with Gasteiger partial charge in [0.1, 0.15) is 0 Å². The Labute approximate surface area is 165 Å². The van der Waals surface area contributed by atoms with Gasteiger partial charge in [0.15, 0.2) is 17.8 Å². The maximum Gasteiger partial charge on any atom is 0.254 e. The highest BCUT2D eigenvalue weighted by molar-refractivity contribution is 6.32. The van der Waals surface area contributed by atoms with Crippen molar-refractivity contribution in [3.63, 3.8) is 0 Å². The zero-order valence-electron chi connectivity index (χ0n) is 16.0. The van der Waals surface area contributed by atoms with E-state index < -0.39 is 0 Å². The molecule has 2 heterocycles. The topological polar surface area (TPSA) is 57.2 Å². The van der Waals surface area contributed by atoms with Gasteiger partial charge in [-0.2, -0.15) is 0 Å². The summed E-state index contributed by atoms with van der Waals surface area (Å²) in [5, 5.41) is 0.389. The van der Waals surface area contributed by atoms with Crippen molar-refractivity contribution in [1.82, 2.24) is 4.90 Å². The maximum atomic E-state index is 13.3. The van der Waals surface area contributed by atoms with Crippen LogP contribution in [0, 0.1) is 0 Å². The van der Waals surface area contributed by atoms with E-state index in [-0.39, 0.29) is 18.2 Å². The van der Waals surface area contributed by atoms with Crippen molar-refractivity contribution in [3.05, 3.63) is 22.7 Å². The van der Waals surface area contributed by atoms with Gasteiger partial charge >= 0.3 is 0 Å². The fourth-order valence-corrected chi connectivity index (χ4v) is 3.82. The average Bonchev–Trinajstić information content (AvgIpc) is 3.21. The number of carbonyl (C=O) groups excluding carboxylic acids is 1. The normalized spacial score (nSPS) is 20.7. The zero-order chi connectivity index (χ0) is 19.2. The second-order valence-electron chi connectivity index (χ2n) is 6.74. The van der Waals surface area contributed by atoms with E-state index in [9.17, 15) is 4.79 Å². The van der Waals surface area contributed by atoms with Gasteiger partial charge in [-0.05, 0) is 44.7 Å². The van der Waals surface area contributed by atoms with E-state index in [0.29, 0.717) is 55.1 Å². The monoisotopic (exact) mass is 397 g/mol. The molecule has 27 heavy (non-hydrogen) atoms. The first-order valence-electron chi connectivity index (χ1n) is 9.79. The van der Waals surface area contributed by atoms with Crippen LogP contribution in [0.2, 0.25) is 5.02 Å². The van der Waals surface area contributed by atoms with Gasteiger partial charge in [0.25, 0.3) is 5.91 Å². The molecule has 2 aliphatic heterocycles. The molecule has 0 N–H and O–H groups in total. The molecule has 1 aromatic rings. The Hall–Kier alpha value is -1.50. The zero-order valence-corrected chi connectivity index (χ0v) is 16.8. The molecule has 0 aromatic heterocycles. The number of hydrogen-bond acceptors (Lipinski definition) is 5. The standard InChI is InChI=1S/C20H28ClNO5/c1-3-9-25-18-15(21)12-14(13-17(18)24-4-2)19(23)22-8-6-5-7-16(22)20-26-10-11-27-20/h12-13,16,20H,3-11H2,1-2H3. The number of rotatable bonds is 7. The fraction of sp³-hybridized carbons (Fsp3) is 0.650. The summed E-state index contributed by atoms with van der Waals surface area (Å²) in [6.07, 6.45) is 3.42. The van der Waals surface area contributed by atoms with Gasteiger partial charge in [-0.25, -0.2) is 0 Å². The Bertz CT molecular complexity index is 648. The highest BCUT2D eigenvalue weighted by Crippen LogP contribution is 2.38. The van der Waals surface area contributed by atoms with E-state index in [2.05, 4.69) is 0 Å². The lowest BCUT2D eigenvalue weighted by atomic mass is 10.00. The summed E-state index contributed by atoms with van der Waals surface area (Å²) in [5.41, 5.74) is 0.497. The van der Waals surface area contributed by atoms with E-state index in [1.165, 1.54) is 0 Å². The van der Waals surface area contributed by atoms with Gasteiger partial charge in [0.2, 0.25) is 0 Å². The molecule has 0 spiro atoms. The summed E-state index contributed by atoms with van der Waals surface area (Å²) in [5.74, 6) is 0.919. The van der Waals surface area contributed by atoms with Crippen molar-refractivity contribution in [3.8, 4) is 11.5 Å². The van der Waals surface area contributed by atoms with Crippen molar-refractivity contribution in [2.24, 2.45) is 0 Å². The van der Waals surface area contributed by atoms with Crippen LogP contribution in [0.1, 0.15) is 49.9 Å². The molecule has 3 rings (SSSR count). The van der Waals surface area contributed by atoms with Gasteiger partial charge < -0.3 is 23.8 Å². The largest absolute Gasteiger partial charge is 0.490 e. The number of benzene rings is 1. The highest BCUT2D eigenvalue weighted by Gasteiger charge is 2.37. The molecular weight excluding hydrogens is 370 g/mol. The molecule has 150 valence electrons. The third-order valence-corrected chi connectivity index (χ3v) is 5.06. The first-order chi connectivity index (χ1) is 13.2. The minimum Gasteiger partial charge on any atom is -0.490 e. The number of nitrogens with zero attached hydrogens (tertiary/aromatic N) is 1. The summed E-state index contributed by atoms with van der Waals surface area (Å²) in [6.45, 7) is 6.75. The molecule has 1 atom stereocenters. The van der Waals surface area contributed by atoms with Crippen molar-refractivity contribution < 1.29 is 23.7 Å². The van der Waals surface area contributed by atoms with E-state index in [4.69, 9.17) is 30.5 Å². The number of amides is 1. The summed E-state index contributed by atoms with van der Waals surface area (Å²) < 4.78 is 22.8. The quantitative estimate of drug-likeness (QED) is 0.698. The SMILES string of the molecule is CCCOc1c(Cl)cc(C(=O)N2CCCCC2C2OCCO2)cc1OCC. The molecule has 6 nitrogen and oxygen atoms in total. The lowest BCUT2D eigenvalue weighted by molar-refractivity contribution is -0.100. The number of piperidine rings is 1. The average molecular weight is 398 g/mol. The van der Waals surface area contributed by atoms with Crippen LogP contribution < -0.4 is 9.47 Å². The van der Waals surface area contributed by atoms with E-state index in [1.54, 1.807) is 12.1 Å². The second kappa shape index (κ2) is 9.62. The van der Waals surface area contributed by atoms with Crippen molar-refractivity contribution >= 4 is 17.5 Å². The van der Waals surface area contributed by atoms with Crippen LogP contribution in [-0.2, 0) is 9.47 Å². The molecule has 1 amide bonds. The number of halogens is 1. The number of likely N-dealkylation sites (tertiary alicyclic amines) is 1. The minimum atomic E-state index is -0.344. The van der Waals surface area contributed by atoms with Crippen LogP contribution in [0.25, 0.3) is 0 Å². The number of hydrogen-bond donors (Lipinski definition) is 0. The minimum absolute atomic E-state index is 0.0703. The molecule has 0 bridgehead atoms. The van der Waals surface area contributed by atoms with Crippen LogP contribution in [-0.4, -0.2) is 56.1 Å². The first kappa shape index (κ1) is 20.2. The molecule has 2 aliphatic rings. The van der Waals surface area contributed by atoms with Gasteiger partial charge in [0.05, 0.1) is 37.5 Å². The fourth-order valence-electron chi connectivity index (χ4n) is 3.56. The lowest BCUT2D eigenvalue weighted by Crippen LogP contribution is -2.50. The second-order valence-corrected chi connectivity index (χ2v) is 7.15. The Balaban J connectivity index is 1.85. The highest BCUT2D eigenvalue weighted by atomic mass is 35.5. The van der Waals surface area contributed by atoms with Crippen LogP contribution in [0.4, 0.5) is 0 Å². The Kier molecular flexibility index (Phi) is 7.21. The molecule has 1 unspecified atom stereocenters.